The standard InChI is InChI=1S/C12H23N3O5S/c1-8(2)7-10(12(17)18)14-11(16)9-3-5-15(6-4-9)21(13,19)20/h8-10H,3-7H2,1-2H3,(H,14,16)(H,17,18)(H2,13,19,20)/t10-/m0/s1. The lowest BCUT2D eigenvalue weighted by Gasteiger charge is -2.29. The van der Waals surface area contributed by atoms with Crippen molar-refractivity contribution in [2.24, 2.45) is 17.0 Å². The lowest BCUT2D eigenvalue weighted by Crippen LogP contribution is -2.48. The van der Waals surface area contributed by atoms with Gasteiger partial charge >= 0.3 is 5.97 Å². The van der Waals surface area contributed by atoms with E-state index in [1.807, 2.05) is 13.8 Å². The zero-order chi connectivity index (χ0) is 16.2. The van der Waals surface area contributed by atoms with Crippen LogP contribution in [0.5, 0.6) is 0 Å². The normalized spacial score (nSPS) is 19.4. The summed E-state index contributed by atoms with van der Waals surface area (Å²) in [4.78, 5) is 23.2. The molecule has 0 aromatic heterocycles. The van der Waals surface area contributed by atoms with Crippen LogP contribution < -0.4 is 10.5 Å². The molecule has 0 bridgehead atoms. The Morgan fingerprint density at radius 1 is 1.33 bits per heavy atom. The molecule has 1 aliphatic rings. The number of piperidine rings is 1. The van der Waals surface area contributed by atoms with Crippen LogP contribution in [0.4, 0.5) is 0 Å². The Bertz CT molecular complexity index is 483. The van der Waals surface area contributed by atoms with Crippen molar-refractivity contribution in [1.82, 2.24) is 9.62 Å². The number of carboxylic acid groups (broad SMARTS) is 1. The molecule has 8 nitrogen and oxygen atoms in total. The average molecular weight is 321 g/mol. The van der Waals surface area contributed by atoms with E-state index in [2.05, 4.69) is 5.32 Å². The van der Waals surface area contributed by atoms with Crippen molar-refractivity contribution in [3.05, 3.63) is 0 Å². The van der Waals surface area contributed by atoms with Crippen molar-refractivity contribution in [1.29, 1.82) is 0 Å². The highest BCUT2D eigenvalue weighted by molar-refractivity contribution is 7.86. The third-order valence-corrected chi connectivity index (χ3v) is 4.59. The maximum Gasteiger partial charge on any atom is 0.326 e. The second kappa shape index (κ2) is 7.19. The van der Waals surface area contributed by atoms with Gasteiger partial charge in [0.25, 0.3) is 10.2 Å². The molecule has 0 spiro atoms. The number of carbonyl (C=O) groups excluding carboxylic acids is 1. The Morgan fingerprint density at radius 2 is 1.86 bits per heavy atom. The number of nitrogens with two attached hydrogens (primary N) is 1. The molecule has 1 atom stereocenters. The van der Waals surface area contributed by atoms with E-state index in [9.17, 15) is 18.0 Å². The van der Waals surface area contributed by atoms with Gasteiger partial charge < -0.3 is 10.4 Å². The predicted octanol–water partition coefficient (Wildman–Crippen LogP) is -0.483. The maximum atomic E-state index is 12.1. The van der Waals surface area contributed by atoms with Crippen LogP contribution in [-0.2, 0) is 19.8 Å². The van der Waals surface area contributed by atoms with Crippen molar-refractivity contribution in [2.75, 3.05) is 13.1 Å². The van der Waals surface area contributed by atoms with E-state index in [1.165, 1.54) is 0 Å². The largest absolute Gasteiger partial charge is 0.480 e. The number of rotatable bonds is 6. The third-order valence-electron chi connectivity index (χ3n) is 3.51. The number of nitrogens with one attached hydrogen (secondary N) is 1. The number of hydrogen-bond donors (Lipinski definition) is 3. The van der Waals surface area contributed by atoms with Crippen LogP contribution in [0.1, 0.15) is 33.1 Å². The van der Waals surface area contributed by atoms with E-state index in [0.29, 0.717) is 19.3 Å². The quantitative estimate of drug-likeness (QED) is 0.608. The molecule has 122 valence electrons. The second-order valence-corrected chi connectivity index (χ2v) is 7.29. The molecule has 0 radical (unpaired) electrons. The summed E-state index contributed by atoms with van der Waals surface area (Å²) in [5.74, 6) is -1.62. The van der Waals surface area contributed by atoms with Gasteiger partial charge in [-0.3, -0.25) is 4.79 Å². The Labute approximate surface area is 124 Å². The molecule has 9 heteroatoms. The Balaban J connectivity index is 2.55. The smallest absolute Gasteiger partial charge is 0.326 e. The van der Waals surface area contributed by atoms with Gasteiger partial charge in [0, 0.05) is 19.0 Å². The predicted molar refractivity (Wildman–Crippen MR) is 76.4 cm³/mol. The summed E-state index contributed by atoms with van der Waals surface area (Å²) in [6.07, 6.45) is 1.05. The molecule has 1 rings (SSSR count). The second-order valence-electron chi connectivity index (χ2n) is 5.75. The van der Waals surface area contributed by atoms with Crippen molar-refractivity contribution in [2.45, 2.75) is 39.2 Å². The van der Waals surface area contributed by atoms with Crippen LogP contribution >= 0.6 is 0 Å². The van der Waals surface area contributed by atoms with Gasteiger partial charge in [-0.05, 0) is 25.2 Å². The monoisotopic (exact) mass is 321 g/mol. The first-order valence-electron chi connectivity index (χ1n) is 6.92. The average Bonchev–Trinajstić information content (AvgIpc) is 2.36. The highest BCUT2D eigenvalue weighted by Crippen LogP contribution is 2.19. The van der Waals surface area contributed by atoms with E-state index in [4.69, 9.17) is 10.2 Å². The van der Waals surface area contributed by atoms with Crippen LogP contribution in [0.3, 0.4) is 0 Å². The summed E-state index contributed by atoms with van der Waals surface area (Å²) in [5.41, 5.74) is 0. The minimum atomic E-state index is -3.72. The van der Waals surface area contributed by atoms with Gasteiger partial charge in [-0.25, -0.2) is 9.93 Å². The highest BCUT2D eigenvalue weighted by atomic mass is 32.2. The number of aliphatic carboxylic acids is 1. The summed E-state index contributed by atoms with van der Waals surface area (Å²) >= 11 is 0. The molecule has 21 heavy (non-hydrogen) atoms. The summed E-state index contributed by atoms with van der Waals surface area (Å²) in [6.45, 7) is 4.12. The summed E-state index contributed by atoms with van der Waals surface area (Å²) in [6, 6.07) is -0.909. The molecule has 4 N–H and O–H groups in total. The number of amides is 1. The molecule has 1 fully saturated rings. The molecule has 1 saturated heterocycles. The minimum absolute atomic E-state index is 0.149. The van der Waals surface area contributed by atoms with Crippen LogP contribution in [0.25, 0.3) is 0 Å². The van der Waals surface area contributed by atoms with E-state index in [0.717, 1.165) is 4.31 Å². The first-order chi connectivity index (χ1) is 9.61. The van der Waals surface area contributed by atoms with Gasteiger partial charge in [-0.15, -0.1) is 0 Å². The molecule has 1 amide bonds. The van der Waals surface area contributed by atoms with Gasteiger partial charge in [0.1, 0.15) is 6.04 Å². The minimum Gasteiger partial charge on any atom is -0.480 e. The van der Waals surface area contributed by atoms with Crippen LogP contribution in [-0.4, -0.2) is 48.8 Å². The van der Waals surface area contributed by atoms with E-state index in [1.54, 1.807) is 0 Å². The number of nitrogens with zero attached hydrogens (tertiary/aromatic N) is 1. The Kier molecular flexibility index (Phi) is 6.11. The summed E-state index contributed by atoms with van der Waals surface area (Å²) in [7, 11) is -3.72. The molecule has 0 aromatic carbocycles. The van der Waals surface area contributed by atoms with Gasteiger partial charge in [-0.1, -0.05) is 13.8 Å². The summed E-state index contributed by atoms with van der Waals surface area (Å²) < 4.78 is 23.5. The molecular weight excluding hydrogens is 298 g/mol. The molecule has 0 aliphatic carbocycles. The molecule has 1 aliphatic heterocycles. The number of hydrogen-bond acceptors (Lipinski definition) is 4. The van der Waals surface area contributed by atoms with Gasteiger partial charge in [-0.2, -0.15) is 12.7 Å². The lowest BCUT2D eigenvalue weighted by atomic mass is 9.96. The van der Waals surface area contributed by atoms with Crippen molar-refractivity contribution in [3.8, 4) is 0 Å². The maximum absolute atomic E-state index is 12.1. The lowest BCUT2D eigenvalue weighted by molar-refractivity contribution is -0.143. The summed E-state index contributed by atoms with van der Waals surface area (Å²) in [5, 5.41) is 16.7. The molecule has 0 unspecified atom stereocenters. The molecule has 0 aromatic rings. The van der Waals surface area contributed by atoms with Crippen LogP contribution in [0.15, 0.2) is 0 Å². The highest BCUT2D eigenvalue weighted by Gasteiger charge is 2.31. The Hall–Kier alpha value is -1.19. The van der Waals surface area contributed by atoms with Gasteiger partial charge in [0.2, 0.25) is 5.91 Å². The Morgan fingerprint density at radius 3 is 2.24 bits per heavy atom. The van der Waals surface area contributed by atoms with Gasteiger partial charge in [0.05, 0.1) is 0 Å². The zero-order valence-corrected chi connectivity index (χ0v) is 13.1. The van der Waals surface area contributed by atoms with E-state index < -0.39 is 22.2 Å². The number of carboxylic acids is 1. The van der Waals surface area contributed by atoms with Crippen LogP contribution in [0, 0.1) is 11.8 Å². The first kappa shape index (κ1) is 17.9. The fourth-order valence-corrected chi connectivity index (χ4v) is 3.07. The molecule has 0 saturated carbocycles. The van der Waals surface area contributed by atoms with Gasteiger partial charge in [0.15, 0.2) is 0 Å². The fraction of sp³-hybridized carbons (Fsp3) is 0.833. The SMILES string of the molecule is CC(C)C[C@H](NC(=O)C1CCN(S(N)(=O)=O)CC1)C(=O)O. The van der Waals surface area contributed by atoms with E-state index in [-0.39, 0.29) is 30.8 Å². The molecule has 1 heterocycles. The van der Waals surface area contributed by atoms with Crippen molar-refractivity contribution >= 4 is 22.1 Å². The van der Waals surface area contributed by atoms with Crippen LogP contribution in [0.2, 0.25) is 0 Å². The zero-order valence-electron chi connectivity index (χ0n) is 12.3. The van der Waals surface area contributed by atoms with E-state index >= 15 is 0 Å². The third kappa shape index (κ3) is 5.60. The number of carbonyl (C=O) groups is 2. The first-order valence-corrected chi connectivity index (χ1v) is 8.42. The van der Waals surface area contributed by atoms with Crippen molar-refractivity contribution in [3.63, 3.8) is 0 Å². The fourth-order valence-electron chi connectivity index (χ4n) is 2.35. The molecular formula is C12H23N3O5S. The van der Waals surface area contributed by atoms with Crippen molar-refractivity contribution < 1.29 is 23.1 Å². The topological polar surface area (TPSA) is 130 Å².